The Bertz CT molecular complexity index is 1120. The summed E-state index contributed by atoms with van der Waals surface area (Å²) >= 11 is 1.59. The Morgan fingerprint density at radius 2 is 1.80 bits per heavy atom. The Labute approximate surface area is 210 Å². The Hall–Kier alpha value is -3.23. The van der Waals surface area contributed by atoms with Gasteiger partial charge in [-0.15, -0.1) is 11.3 Å². The molecule has 0 aliphatic heterocycles. The second kappa shape index (κ2) is 13.0. The zero-order chi connectivity index (χ0) is 25.2. The lowest BCUT2D eigenvalue weighted by Gasteiger charge is -2.28. The average Bonchev–Trinajstić information content (AvgIpc) is 3.26. The van der Waals surface area contributed by atoms with Crippen LogP contribution in [-0.2, 0) is 29.0 Å². The molecule has 1 N–H and O–H groups in total. The molecule has 0 spiro atoms. The smallest absolute Gasteiger partial charge is 0.322 e. The quantitative estimate of drug-likeness (QED) is 0.382. The highest BCUT2D eigenvalue weighted by molar-refractivity contribution is 7.10. The van der Waals surface area contributed by atoms with Gasteiger partial charge in [0.1, 0.15) is 12.4 Å². The molecule has 3 amide bonds. The Morgan fingerprint density at radius 1 is 1.03 bits per heavy atom. The predicted octanol–water partition coefficient (Wildman–Crippen LogP) is 5.47. The van der Waals surface area contributed by atoms with Crippen LogP contribution in [0.2, 0.25) is 0 Å². The molecule has 0 saturated heterocycles. The molecule has 0 aliphatic carbocycles. The van der Waals surface area contributed by atoms with Gasteiger partial charge >= 0.3 is 6.03 Å². The van der Waals surface area contributed by atoms with Crippen LogP contribution in [0.4, 0.5) is 14.9 Å². The van der Waals surface area contributed by atoms with E-state index in [1.165, 1.54) is 17.0 Å². The third-order valence-corrected chi connectivity index (χ3v) is 6.71. The molecule has 0 fully saturated rings. The molecule has 0 bridgehead atoms. The SMILES string of the molecule is CCc1cccc(NC(=O)N(CCOC)CC(=O)N(Cc2ccc(F)cc2)Cc2sccc2C)c1. The molecule has 3 rings (SSSR count). The number of benzene rings is 2. The lowest BCUT2D eigenvalue weighted by atomic mass is 10.1. The van der Waals surface area contributed by atoms with Crippen LogP contribution in [0.3, 0.4) is 0 Å². The van der Waals surface area contributed by atoms with E-state index >= 15 is 0 Å². The van der Waals surface area contributed by atoms with E-state index in [0.717, 1.165) is 28.0 Å². The highest BCUT2D eigenvalue weighted by atomic mass is 32.1. The third kappa shape index (κ3) is 7.90. The summed E-state index contributed by atoms with van der Waals surface area (Å²) < 4.78 is 18.6. The molecule has 2 aromatic carbocycles. The molecule has 0 radical (unpaired) electrons. The maximum Gasteiger partial charge on any atom is 0.322 e. The lowest BCUT2D eigenvalue weighted by Crippen LogP contribution is -2.45. The first kappa shape index (κ1) is 26.4. The van der Waals surface area contributed by atoms with Crippen LogP contribution in [-0.4, -0.2) is 48.5 Å². The number of anilines is 1. The van der Waals surface area contributed by atoms with Crippen molar-refractivity contribution in [2.75, 3.05) is 32.1 Å². The fourth-order valence-corrected chi connectivity index (χ4v) is 4.49. The number of urea groups is 1. The number of carbonyl (C=O) groups is 2. The monoisotopic (exact) mass is 497 g/mol. The fourth-order valence-electron chi connectivity index (χ4n) is 3.57. The van der Waals surface area contributed by atoms with Gasteiger partial charge in [-0.2, -0.15) is 0 Å². The summed E-state index contributed by atoms with van der Waals surface area (Å²) in [5.74, 6) is -0.522. The van der Waals surface area contributed by atoms with Crippen LogP contribution >= 0.6 is 11.3 Å². The lowest BCUT2D eigenvalue weighted by molar-refractivity contribution is -0.133. The minimum Gasteiger partial charge on any atom is -0.383 e. The van der Waals surface area contributed by atoms with E-state index in [2.05, 4.69) is 12.2 Å². The van der Waals surface area contributed by atoms with E-state index in [1.807, 2.05) is 42.6 Å². The van der Waals surface area contributed by atoms with Crippen molar-refractivity contribution in [1.29, 1.82) is 0 Å². The molecular formula is C27H32FN3O3S. The summed E-state index contributed by atoms with van der Waals surface area (Å²) in [6, 6.07) is 15.4. The number of nitrogens with zero attached hydrogens (tertiary/aromatic N) is 2. The number of rotatable bonds is 11. The van der Waals surface area contributed by atoms with Gasteiger partial charge in [0, 0.05) is 30.8 Å². The first-order valence-corrected chi connectivity index (χ1v) is 12.5. The largest absolute Gasteiger partial charge is 0.383 e. The van der Waals surface area contributed by atoms with E-state index in [1.54, 1.807) is 35.5 Å². The number of methoxy groups -OCH3 is 1. The highest BCUT2D eigenvalue weighted by Crippen LogP contribution is 2.20. The van der Waals surface area contributed by atoms with Crippen molar-refractivity contribution in [3.63, 3.8) is 0 Å². The Balaban J connectivity index is 1.77. The van der Waals surface area contributed by atoms with Gasteiger partial charge in [-0.05, 0) is 65.7 Å². The fraction of sp³-hybridized carbons (Fsp3) is 0.333. The molecule has 8 heteroatoms. The number of amides is 3. The zero-order valence-corrected chi connectivity index (χ0v) is 21.2. The Kier molecular flexibility index (Phi) is 9.81. The van der Waals surface area contributed by atoms with E-state index in [0.29, 0.717) is 25.4 Å². The third-order valence-electron chi connectivity index (χ3n) is 5.71. The van der Waals surface area contributed by atoms with E-state index in [9.17, 15) is 14.0 Å². The van der Waals surface area contributed by atoms with Crippen molar-refractivity contribution in [3.05, 3.63) is 87.4 Å². The number of hydrogen-bond donors (Lipinski definition) is 1. The molecule has 6 nitrogen and oxygen atoms in total. The standard InChI is InChI=1S/C27H32FN3O3S/c1-4-21-6-5-7-24(16-21)29-27(33)30(13-14-34-3)19-26(32)31(18-25-20(2)12-15-35-25)17-22-8-10-23(28)11-9-22/h5-12,15-16H,4,13-14,17-19H2,1-3H3,(H,29,33). The van der Waals surface area contributed by atoms with Gasteiger partial charge in [-0.1, -0.05) is 31.2 Å². The molecule has 0 saturated carbocycles. The molecule has 0 aliphatic rings. The van der Waals surface area contributed by atoms with E-state index in [-0.39, 0.29) is 30.8 Å². The van der Waals surface area contributed by atoms with Crippen molar-refractivity contribution in [2.45, 2.75) is 33.4 Å². The topological polar surface area (TPSA) is 61.9 Å². The number of thiophene rings is 1. The summed E-state index contributed by atoms with van der Waals surface area (Å²) in [6.07, 6.45) is 0.857. The van der Waals surface area contributed by atoms with E-state index in [4.69, 9.17) is 4.74 Å². The molecule has 1 heterocycles. The maximum absolute atomic E-state index is 13.5. The summed E-state index contributed by atoms with van der Waals surface area (Å²) in [6.45, 7) is 5.26. The summed E-state index contributed by atoms with van der Waals surface area (Å²) in [5, 5.41) is 4.90. The molecule has 3 aromatic rings. The second-order valence-corrected chi connectivity index (χ2v) is 9.30. The number of hydrogen-bond acceptors (Lipinski definition) is 4. The van der Waals surface area contributed by atoms with Crippen LogP contribution in [0.5, 0.6) is 0 Å². The van der Waals surface area contributed by atoms with Crippen LogP contribution in [0.1, 0.15) is 28.5 Å². The van der Waals surface area contributed by atoms with Crippen LogP contribution in [0.15, 0.2) is 60.0 Å². The summed E-state index contributed by atoms with van der Waals surface area (Å²) in [7, 11) is 1.56. The Morgan fingerprint density at radius 3 is 2.46 bits per heavy atom. The average molecular weight is 498 g/mol. The van der Waals surface area contributed by atoms with Gasteiger partial charge in [0.25, 0.3) is 0 Å². The highest BCUT2D eigenvalue weighted by Gasteiger charge is 2.23. The molecular weight excluding hydrogens is 465 g/mol. The van der Waals surface area contributed by atoms with Crippen molar-refractivity contribution in [2.24, 2.45) is 0 Å². The first-order valence-electron chi connectivity index (χ1n) is 11.6. The van der Waals surface area contributed by atoms with Gasteiger partial charge < -0.3 is 19.9 Å². The van der Waals surface area contributed by atoms with E-state index < -0.39 is 0 Å². The predicted molar refractivity (Wildman–Crippen MR) is 138 cm³/mol. The molecule has 35 heavy (non-hydrogen) atoms. The van der Waals surface area contributed by atoms with Crippen LogP contribution in [0, 0.1) is 12.7 Å². The maximum atomic E-state index is 13.5. The van der Waals surface area contributed by atoms with Gasteiger partial charge in [0.15, 0.2) is 0 Å². The first-order chi connectivity index (χ1) is 16.9. The molecule has 186 valence electrons. The number of carbonyl (C=O) groups excluding carboxylic acids is 2. The summed E-state index contributed by atoms with van der Waals surface area (Å²) in [4.78, 5) is 30.8. The molecule has 0 atom stereocenters. The summed E-state index contributed by atoms with van der Waals surface area (Å²) in [5.41, 5.74) is 3.72. The normalized spacial score (nSPS) is 10.7. The second-order valence-electron chi connectivity index (χ2n) is 8.30. The van der Waals surface area contributed by atoms with Gasteiger partial charge in [0.2, 0.25) is 5.91 Å². The number of aryl methyl sites for hydroxylation is 2. The number of ether oxygens (including phenoxy) is 1. The van der Waals surface area contributed by atoms with Crippen LogP contribution in [0.25, 0.3) is 0 Å². The van der Waals surface area contributed by atoms with Gasteiger partial charge in [0.05, 0.1) is 13.2 Å². The molecule has 0 unspecified atom stereocenters. The van der Waals surface area contributed by atoms with Crippen LogP contribution < -0.4 is 5.32 Å². The van der Waals surface area contributed by atoms with Gasteiger partial charge in [-0.25, -0.2) is 9.18 Å². The number of halogens is 1. The zero-order valence-electron chi connectivity index (χ0n) is 20.4. The minimum absolute atomic E-state index is 0.103. The van der Waals surface area contributed by atoms with Crippen molar-refractivity contribution in [3.8, 4) is 0 Å². The molecule has 1 aromatic heterocycles. The van der Waals surface area contributed by atoms with Crippen molar-refractivity contribution >= 4 is 29.0 Å². The van der Waals surface area contributed by atoms with Gasteiger partial charge in [-0.3, -0.25) is 4.79 Å². The van der Waals surface area contributed by atoms with Crippen molar-refractivity contribution in [1.82, 2.24) is 9.80 Å². The minimum atomic E-state index is -0.363. The van der Waals surface area contributed by atoms with Crippen molar-refractivity contribution < 1.29 is 18.7 Å². The number of nitrogens with one attached hydrogen (secondary N) is 1.